The van der Waals surface area contributed by atoms with Crippen molar-refractivity contribution >= 4 is 17.4 Å². The molecule has 0 saturated carbocycles. The van der Waals surface area contributed by atoms with Gasteiger partial charge < -0.3 is 5.73 Å². The Morgan fingerprint density at radius 1 is 1.31 bits per heavy atom. The predicted octanol–water partition coefficient (Wildman–Crippen LogP) is 3.43. The van der Waals surface area contributed by atoms with Gasteiger partial charge in [-0.25, -0.2) is 9.37 Å². The van der Waals surface area contributed by atoms with Gasteiger partial charge >= 0.3 is 0 Å². The van der Waals surface area contributed by atoms with Crippen molar-refractivity contribution in [3.8, 4) is 11.1 Å². The number of nitrogens with two attached hydrogens (primary N) is 1. The topological polar surface area (TPSA) is 38.9 Å². The Balaban J connectivity index is 2.60. The summed E-state index contributed by atoms with van der Waals surface area (Å²) in [5, 5.41) is 0.369. The summed E-state index contributed by atoms with van der Waals surface area (Å²) in [6, 6.07) is 6.50. The van der Waals surface area contributed by atoms with Gasteiger partial charge in [-0.2, -0.15) is 0 Å². The molecule has 1 heterocycles. The molecule has 2 N–H and O–H groups in total. The van der Waals surface area contributed by atoms with E-state index in [1.165, 1.54) is 6.07 Å². The minimum Gasteiger partial charge on any atom is -0.384 e. The summed E-state index contributed by atoms with van der Waals surface area (Å²) in [6.07, 6.45) is 1.60. The van der Waals surface area contributed by atoms with E-state index >= 15 is 0 Å². The van der Waals surface area contributed by atoms with Crippen molar-refractivity contribution in [2.45, 2.75) is 6.92 Å². The lowest BCUT2D eigenvalue weighted by Crippen LogP contribution is -1.91. The molecule has 0 fully saturated rings. The Morgan fingerprint density at radius 2 is 2.06 bits per heavy atom. The summed E-state index contributed by atoms with van der Waals surface area (Å²) in [5.74, 6) is 0.103. The zero-order valence-corrected chi connectivity index (χ0v) is 9.42. The van der Waals surface area contributed by atoms with E-state index in [2.05, 4.69) is 4.98 Å². The molecule has 0 amide bonds. The van der Waals surface area contributed by atoms with E-state index in [0.717, 1.165) is 11.1 Å². The third-order valence-corrected chi connectivity index (χ3v) is 2.65. The zero-order valence-electron chi connectivity index (χ0n) is 8.67. The van der Waals surface area contributed by atoms with Crippen LogP contribution in [-0.2, 0) is 0 Å². The Kier molecular flexibility index (Phi) is 2.79. The molecule has 0 aliphatic carbocycles. The first-order chi connectivity index (χ1) is 7.58. The van der Waals surface area contributed by atoms with Crippen LogP contribution in [0.5, 0.6) is 0 Å². The number of aromatic nitrogens is 1. The number of nitrogen functional groups attached to an aromatic ring is 1. The monoisotopic (exact) mass is 236 g/mol. The van der Waals surface area contributed by atoms with Crippen molar-refractivity contribution in [2.75, 3.05) is 5.73 Å². The molecule has 16 heavy (non-hydrogen) atoms. The molecule has 4 heteroatoms. The highest BCUT2D eigenvalue weighted by Gasteiger charge is 2.08. The van der Waals surface area contributed by atoms with Crippen LogP contribution in [0.4, 0.5) is 10.2 Å². The maximum atomic E-state index is 13.2. The number of hydrogen-bond acceptors (Lipinski definition) is 2. The fraction of sp³-hybridized carbons (Fsp3) is 0.0833. The van der Waals surface area contributed by atoms with Gasteiger partial charge in [-0.15, -0.1) is 0 Å². The summed E-state index contributed by atoms with van der Waals surface area (Å²) < 4.78 is 13.2. The van der Waals surface area contributed by atoms with E-state index in [1.54, 1.807) is 31.3 Å². The van der Waals surface area contributed by atoms with Crippen LogP contribution in [0.1, 0.15) is 5.56 Å². The highest BCUT2D eigenvalue weighted by atomic mass is 35.5. The molecule has 0 spiro atoms. The fourth-order valence-corrected chi connectivity index (χ4v) is 1.75. The molecular formula is C12H10ClFN2. The number of anilines is 1. The van der Waals surface area contributed by atoms with E-state index < -0.39 is 0 Å². The van der Waals surface area contributed by atoms with Gasteiger partial charge in [-0.1, -0.05) is 11.6 Å². The van der Waals surface area contributed by atoms with Crippen LogP contribution < -0.4 is 5.73 Å². The molecule has 0 radical (unpaired) electrons. The van der Waals surface area contributed by atoms with Gasteiger partial charge in [0.15, 0.2) is 0 Å². The molecule has 2 aromatic rings. The van der Waals surface area contributed by atoms with Gasteiger partial charge in [-0.05, 0) is 42.3 Å². The molecular weight excluding hydrogens is 227 g/mol. The average Bonchev–Trinajstić information content (AvgIpc) is 2.23. The number of nitrogens with zero attached hydrogens (tertiary/aromatic N) is 1. The molecule has 2 nitrogen and oxygen atoms in total. The molecule has 0 unspecified atom stereocenters. The van der Waals surface area contributed by atoms with Gasteiger partial charge in [0.2, 0.25) is 0 Å². The Labute approximate surface area is 97.9 Å². The maximum Gasteiger partial charge on any atom is 0.127 e. The molecule has 82 valence electrons. The standard InChI is InChI=1S/C12H10ClFN2/c1-7-4-9(10(13)6-11(7)14)8-2-3-16-12(15)5-8/h2-6H,1H3,(H2,15,16). The summed E-state index contributed by atoms with van der Waals surface area (Å²) in [5.41, 5.74) is 7.73. The summed E-state index contributed by atoms with van der Waals surface area (Å²) in [7, 11) is 0. The van der Waals surface area contributed by atoms with E-state index in [1.807, 2.05) is 0 Å². The smallest absolute Gasteiger partial charge is 0.127 e. The van der Waals surface area contributed by atoms with Crippen molar-refractivity contribution in [3.63, 3.8) is 0 Å². The normalized spacial score (nSPS) is 10.4. The second kappa shape index (κ2) is 4.10. The minimum atomic E-state index is -0.309. The largest absolute Gasteiger partial charge is 0.384 e. The second-order valence-electron chi connectivity index (χ2n) is 3.55. The Bertz CT molecular complexity index is 541. The lowest BCUT2D eigenvalue weighted by Gasteiger charge is -2.07. The first kappa shape index (κ1) is 10.9. The molecule has 2 rings (SSSR count). The number of benzene rings is 1. The van der Waals surface area contributed by atoms with Gasteiger partial charge in [-0.3, -0.25) is 0 Å². The molecule has 1 aromatic heterocycles. The fourth-order valence-electron chi connectivity index (χ4n) is 1.49. The van der Waals surface area contributed by atoms with Crippen LogP contribution in [-0.4, -0.2) is 4.98 Å². The molecule has 0 bridgehead atoms. The predicted molar refractivity (Wildman–Crippen MR) is 63.8 cm³/mol. The number of halogens is 2. The van der Waals surface area contributed by atoms with Crippen LogP contribution in [0.15, 0.2) is 30.5 Å². The van der Waals surface area contributed by atoms with Crippen molar-refractivity contribution in [1.29, 1.82) is 0 Å². The SMILES string of the molecule is Cc1cc(-c2ccnc(N)c2)c(Cl)cc1F. The van der Waals surface area contributed by atoms with Gasteiger partial charge in [0.05, 0.1) is 5.02 Å². The van der Waals surface area contributed by atoms with Crippen LogP contribution in [0.25, 0.3) is 11.1 Å². The van der Waals surface area contributed by atoms with Crippen molar-refractivity contribution in [3.05, 3.63) is 46.9 Å². The first-order valence-corrected chi connectivity index (χ1v) is 5.13. The van der Waals surface area contributed by atoms with Gasteiger partial charge in [0.25, 0.3) is 0 Å². The number of rotatable bonds is 1. The molecule has 1 aromatic carbocycles. The third-order valence-electron chi connectivity index (χ3n) is 2.34. The third kappa shape index (κ3) is 1.99. The first-order valence-electron chi connectivity index (χ1n) is 4.75. The molecule has 0 atom stereocenters. The number of aryl methyl sites for hydroxylation is 1. The molecule has 0 aliphatic heterocycles. The lowest BCUT2D eigenvalue weighted by atomic mass is 10.0. The Morgan fingerprint density at radius 3 is 2.75 bits per heavy atom. The summed E-state index contributed by atoms with van der Waals surface area (Å²) in [6.45, 7) is 1.69. The van der Waals surface area contributed by atoms with Gasteiger partial charge in [0.1, 0.15) is 11.6 Å². The lowest BCUT2D eigenvalue weighted by molar-refractivity contribution is 0.619. The summed E-state index contributed by atoms with van der Waals surface area (Å²) in [4.78, 5) is 3.90. The van der Waals surface area contributed by atoms with Crippen molar-refractivity contribution in [2.24, 2.45) is 0 Å². The minimum absolute atomic E-state index is 0.309. The Hall–Kier alpha value is -1.61. The van der Waals surface area contributed by atoms with Gasteiger partial charge in [0, 0.05) is 11.8 Å². The second-order valence-corrected chi connectivity index (χ2v) is 3.96. The number of pyridine rings is 1. The van der Waals surface area contributed by atoms with Crippen LogP contribution in [0.2, 0.25) is 5.02 Å². The van der Waals surface area contributed by atoms with Crippen LogP contribution in [0.3, 0.4) is 0 Å². The van der Waals surface area contributed by atoms with E-state index in [4.69, 9.17) is 17.3 Å². The maximum absolute atomic E-state index is 13.2. The number of hydrogen-bond donors (Lipinski definition) is 1. The van der Waals surface area contributed by atoms with Crippen LogP contribution in [0, 0.1) is 12.7 Å². The quantitative estimate of drug-likeness (QED) is 0.824. The highest BCUT2D eigenvalue weighted by Crippen LogP contribution is 2.30. The highest BCUT2D eigenvalue weighted by molar-refractivity contribution is 6.33. The average molecular weight is 237 g/mol. The molecule has 0 aliphatic rings. The van der Waals surface area contributed by atoms with Crippen molar-refractivity contribution < 1.29 is 4.39 Å². The van der Waals surface area contributed by atoms with Crippen LogP contribution >= 0.6 is 11.6 Å². The zero-order chi connectivity index (χ0) is 11.7. The van der Waals surface area contributed by atoms with E-state index in [-0.39, 0.29) is 5.82 Å². The van der Waals surface area contributed by atoms with E-state index in [0.29, 0.717) is 16.4 Å². The summed E-state index contributed by atoms with van der Waals surface area (Å²) >= 11 is 5.99. The van der Waals surface area contributed by atoms with E-state index in [9.17, 15) is 4.39 Å². The molecule has 0 saturated heterocycles. The van der Waals surface area contributed by atoms with Crippen molar-refractivity contribution in [1.82, 2.24) is 4.98 Å².